The van der Waals surface area contributed by atoms with Crippen molar-refractivity contribution >= 4 is 6.03 Å². The van der Waals surface area contributed by atoms with Crippen LogP contribution in [0.15, 0.2) is 54.6 Å². The Kier molecular flexibility index (Phi) is 8.51. The number of carbonyl (C=O) groups is 1. The van der Waals surface area contributed by atoms with Gasteiger partial charge in [-0.2, -0.15) is 5.10 Å². The third-order valence-electron chi connectivity index (χ3n) is 5.24. The molecule has 0 spiro atoms. The molecule has 3 aromatic rings. The minimum Gasteiger partial charge on any atom is -0.435 e. The molecule has 2 aromatic carbocycles. The highest BCUT2D eigenvalue weighted by Crippen LogP contribution is 2.35. The van der Waals surface area contributed by atoms with Gasteiger partial charge in [0.25, 0.3) is 0 Å². The maximum Gasteiger partial charge on any atom is 0.318 e. The Hall–Kier alpha value is -3.39. The normalized spacial score (nSPS) is 11.5. The second-order valence-electron chi connectivity index (χ2n) is 9.70. The largest absolute Gasteiger partial charge is 0.435 e. The van der Waals surface area contributed by atoms with Crippen LogP contribution in [0.4, 0.5) is 9.18 Å². The summed E-state index contributed by atoms with van der Waals surface area (Å²) in [6.45, 7) is 10.8. The van der Waals surface area contributed by atoms with Gasteiger partial charge in [0, 0.05) is 19.2 Å². The molecule has 7 nitrogen and oxygen atoms in total. The molecule has 188 valence electrons. The minimum absolute atomic E-state index is 0.0351. The number of aromatic nitrogens is 2. The first-order valence-corrected chi connectivity index (χ1v) is 11.8. The van der Waals surface area contributed by atoms with Crippen molar-refractivity contribution in [2.24, 2.45) is 0 Å². The van der Waals surface area contributed by atoms with Gasteiger partial charge < -0.3 is 19.7 Å². The number of para-hydroxylation sites is 2. The predicted molar refractivity (Wildman–Crippen MR) is 135 cm³/mol. The lowest BCUT2D eigenvalue weighted by Gasteiger charge is -2.28. The van der Waals surface area contributed by atoms with Crippen molar-refractivity contribution in [3.63, 3.8) is 0 Å². The van der Waals surface area contributed by atoms with Crippen LogP contribution in [-0.4, -0.2) is 46.5 Å². The lowest BCUT2D eigenvalue weighted by atomic mass is 10.1. The molecule has 0 aliphatic carbocycles. The summed E-state index contributed by atoms with van der Waals surface area (Å²) in [5, 5.41) is 7.87. The number of halogens is 1. The van der Waals surface area contributed by atoms with Crippen molar-refractivity contribution in [3.05, 3.63) is 71.7 Å². The van der Waals surface area contributed by atoms with Crippen molar-refractivity contribution in [1.82, 2.24) is 20.0 Å². The number of methoxy groups -OCH3 is 1. The average Bonchev–Trinajstić information content (AvgIpc) is 3.15. The van der Waals surface area contributed by atoms with Crippen LogP contribution in [0.1, 0.15) is 51.8 Å². The molecule has 0 saturated carbocycles. The number of urea groups is 1. The summed E-state index contributed by atoms with van der Waals surface area (Å²) in [5.41, 5.74) is 1.84. The lowest BCUT2D eigenvalue weighted by Crippen LogP contribution is -2.49. The van der Waals surface area contributed by atoms with Crippen molar-refractivity contribution in [1.29, 1.82) is 0 Å². The molecule has 0 aliphatic heterocycles. The molecule has 0 unspecified atom stereocenters. The average molecular weight is 483 g/mol. The molecule has 0 aliphatic rings. The Balaban J connectivity index is 2.13. The van der Waals surface area contributed by atoms with Crippen LogP contribution < -0.4 is 10.1 Å². The number of hydrogen-bond donors (Lipinski definition) is 1. The molecule has 1 aromatic heterocycles. The second kappa shape index (κ2) is 11.4. The van der Waals surface area contributed by atoms with E-state index < -0.39 is 11.4 Å². The minimum atomic E-state index is -0.480. The SMILES string of the molecule is COCCN(Cc1c(C(C)C)nn(-c2ccccc2)c1Oc1ccccc1F)C(=O)NC(C)(C)C. The van der Waals surface area contributed by atoms with E-state index in [4.69, 9.17) is 14.6 Å². The molecule has 1 heterocycles. The van der Waals surface area contributed by atoms with Crippen LogP contribution in [0.2, 0.25) is 0 Å². The maximum atomic E-state index is 14.6. The summed E-state index contributed by atoms with van der Waals surface area (Å²) in [6, 6.07) is 15.6. The van der Waals surface area contributed by atoms with E-state index in [0.29, 0.717) is 24.6 Å². The summed E-state index contributed by atoms with van der Waals surface area (Å²) >= 11 is 0. The fourth-order valence-corrected chi connectivity index (χ4v) is 3.59. The number of hydrogen-bond acceptors (Lipinski definition) is 4. The molecule has 3 rings (SSSR count). The number of nitrogens with zero attached hydrogens (tertiary/aromatic N) is 3. The highest BCUT2D eigenvalue weighted by atomic mass is 19.1. The third-order valence-corrected chi connectivity index (χ3v) is 5.24. The fourth-order valence-electron chi connectivity index (χ4n) is 3.59. The van der Waals surface area contributed by atoms with Gasteiger partial charge in [-0.15, -0.1) is 0 Å². The van der Waals surface area contributed by atoms with Crippen LogP contribution in [0.5, 0.6) is 11.6 Å². The van der Waals surface area contributed by atoms with Gasteiger partial charge in [0.1, 0.15) is 0 Å². The molecule has 0 bridgehead atoms. The summed E-state index contributed by atoms with van der Waals surface area (Å²) in [5.74, 6) is 0.0136. The van der Waals surface area contributed by atoms with Gasteiger partial charge in [0.05, 0.1) is 30.1 Å². The number of ether oxygens (including phenoxy) is 2. The van der Waals surface area contributed by atoms with E-state index in [0.717, 1.165) is 11.4 Å². The summed E-state index contributed by atoms with van der Waals surface area (Å²) in [6.07, 6.45) is 0. The van der Waals surface area contributed by atoms with Crippen molar-refractivity contribution in [2.45, 2.75) is 52.6 Å². The summed E-state index contributed by atoms with van der Waals surface area (Å²) in [7, 11) is 1.60. The first-order chi connectivity index (χ1) is 16.6. The Bertz CT molecular complexity index is 1120. The highest BCUT2D eigenvalue weighted by molar-refractivity contribution is 5.75. The molecule has 1 N–H and O–H groups in total. The Morgan fingerprint density at radius 1 is 1.11 bits per heavy atom. The molecule has 0 fully saturated rings. The van der Waals surface area contributed by atoms with E-state index in [9.17, 15) is 9.18 Å². The monoisotopic (exact) mass is 482 g/mol. The predicted octanol–water partition coefficient (Wildman–Crippen LogP) is 5.88. The van der Waals surface area contributed by atoms with E-state index >= 15 is 0 Å². The molecule has 8 heteroatoms. The van der Waals surface area contributed by atoms with Crippen LogP contribution in [-0.2, 0) is 11.3 Å². The molecule has 35 heavy (non-hydrogen) atoms. The van der Waals surface area contributed by atoms with Gasteiger partial charge in [-0.3, -0.25) is 0 Å². The zero-order chi connectivity index (χ0) is 25.6. The number of rotatable bonds is 9. The van der Waals surface area contributed by atoms with E-state index in [1.807, 2.05) is 65.0 Å². The van der Waals surface area contributed by atoms with Crippen LogP contribution in [0, 0.1) is 5.82 Å². The first-order valence-electron chi connectivity index (χ1n) is 11.8. The van der Waals surface area contributed by atoms with Gasteiger partial charge in [0.2, 0.25) is 5.88 Å². The molecule has 2 amide bonds. The van der Waals surface area contributed by atoms with Gasteiger partial charge in [-0.25, -0.2) is 13.9 Å². The van der Waals surface area contributed by atoms with Gasteiger partial charge in [0.15, 0.2) is 11.6 Å². The highest BCUT2D eigenvalue weighted by Gasteiger charge is 2.28. The molecule has 0 saturated heterocycles. The fraction of sp³-hybridized carbons (Fsp3) is 0.407. The molecule has 0 atom stereocenters. The maximum absolute atomic E-state index is 14.6. The second-order valence-corrected chi connectivity index (χ2v) is 9.70. The number of nitrogens with one attached hydrogen (secondary N) is 1. The smallest absolute Gasteiger partial charge is 0.318 e. The van der Waals surface area contributed by atoms with Gasteiger partial charge >= 0.3 is 6.03 Å². The van der Waals surface area contributed by atoms with Crippen molar-refractivity contribution in [3.8, 4) is 17.3 Å². The standard InChI is InChI=1S/C27H35FN4O3/c1-19(2)24-21(18-31(16-17-34-6)26(33)29-27(3,4)5)25(35-23-15-11-10-14-22(23)28)32(30-24)20-12-8-7-9-13-20/h7-15,19H,16-18H2,1-6H3,(H,29,33). The van der Waals surface area contributed by atoms with E-state index in [2.05, 4.69) is 5.32 Å². The van der Waals surface area contributed by atoms with E-state index in [1.54, 1.807) is 34.9 Å². The zero-order valence-corrected chi connectivity index (χ0v) is 21.3. The van der Waals surface area contributed by atoms with Crippen LogP contribution in [0.3, 0.4) is 0 Å². The molecule has 0 radical (unpaired) electrons. The van der Waals surface area contributed by atoms with Gasteiger partial charge in [-0.1, -0.05) is 44.2 Å². The first kappa shape index (κ1) is 26.2. The van der Waals surface area contributed by atoms with Gasteiger partial charge in [-0.05, 0) is 51.0 Å². The number of amides is 2. The van der Waals surface area contributed by atoms with E-state index in [-0.39, 0.29) is 24.2 Å². The van der Waals surface area contributed by atoms with Crippen molar-refractivity contribution in [2.75, 3.05) is 20.3 Å². The van der Waals surface area contributed by atoms with Crippen molar-refractivity contribution < 1.29 is 18.7 Å². The topological polar surface area (TPSA) is 68.6 Å². The zero-order valence-electron chi connectivity index (χ0n) is 21.3. The Labute approximate surface area is 206 Å². The summed E-state index contributed by atoms with van der Waals surface area (Å²) < 4.78 is 27.7. The molecular formula is C27H35FN4O3. The van der Waals surface area contributed by atoms with E-state index in [1.165, 1.54) is 6.07 Å². The lowest BCUT2D eigenvalue weighted by molar-refractivity contribution is 0.142. The van der Waals surface area contributed by atoms with Crippen LogP contribution in [0.25, 0.3) is 5.69 Å². The Morgan fingerprint density at radius 3 is 2.37 bits per heavy atom. The number of carbonyl (C=O) groups excluding carboxylic acids is 1. The third kappa shape index (κ3) is 6.82. The quantitative estimate of drug-likeness (QED) is 0.413. The molecular weight excluding hydrogens is 447 g/mol. The Morgan fingerprint density at radius 2 is 1.77 bits per heavy atom. The van der Waals surface area contributed by atoms with Crippen LogP contribution >= 0.6 is 0 Å². The summed E-state index contributed by atoms with van der Waals surface area (Å²) in [4.78, 5) is 14.8. The number of benzene rings is 2.